The Bertz CT molecular complexity index is 1500. The number of halogens is 2. The summed E-state index contributed by atoms with van der Waals surface area (Å²) in [5.74, 6) is -0.388. The number of nitrogens with zero attached hydrogens (tertiary/aromatic N) is 2. The van der Waals surface area contributed by atoms with Crippen LogP contribution < -0.4 is 14.4 Å². The summed E-state index contributed by atoms with van der Waals surface area (Å²) in [7, 11) is -4.20. The van der Waals surface area contributed by atoms with Crippen LogP contribution in [0.3, 0.4) is 0 Å². The first-order valence-electron chi connectivity index (χ1n) is 13.8. The van der Waals surface area contributed by atoms with Crippen molar-refractivity contribution in [1.29, 1.82) is 0 Å². The fourth-order valence-electron chi connectivity index (χ4n) is 4.16. The number of benzene rings is 3. The fraction of sp³-hybridized carbons (Fsp3) is 0.355. The van der Waals surface area contributed by atoms with E-state index >= 15 is 0 Å². The molecule has 8 nitrogen and oxygen atoms in total. The lowest BCUT2D eigenvalue weighted by Crippen LogP contribution is -2.52. The highest BCUT2D eigenvalue weighted by molar-refractivity contribution is 7.98. The van der Waals surface area contributed by atoms with E-state index in [1.807, 2.05) is 27.0 Å². The molecule has 3 aromatic rings. The van der Waals surface area contributed by atoms with Crippen LogP contribution in [0.5, 0.6) is 5.75 Å². The quantitative estimate of drug-likeness (QED) is 0.194. The normalized spacial score (nSPS) is 12.7. The topological polar surface area (TPSA) is 96.0 Å². The number of anilines is 1. The fourth-order valence-corrected chi connectivity index (χ4v) is 6.45. The van der Waals surface area contributed by atoms with Crippen LogP contribution in [0.25, 0.3) is 0 Å². The Hall–Kier alpha value is -2.92. The minimum atomic E-state index is -4.20. The van der Waals surface area contributed by atoms with Crippen LogP contribution >= 0.6 is 35.0 Å². The van der Waals surface area contributed by atoms with E-state index in [2.05, 4.69) is 5.32 Å². The molecule has 0 saturated heterocycles. The maximum atomic E-state index is 14.1. The van der Waals surface area contributed by atoms with Crippen LogP contribution in [0, 0.1) is 0 Å². The zero-order valence-corrected chi connectivity index (χ0v) is 28.0. The lowest BCUT2D eigenvalue weighted by Gasteiger charge is -2.32. The van der Waals surface area contributed by atoms with Crippen LogP contribution in [0.2, 0.25) is 10.0 Å². The second kappa shape index (κ2) is 15.7. The molecule has 0 spiro atoms. The second-order valence-corrected chi connectivity index (χ2v) is 13.5. The highest BCUT2D eigenvalue weighted by Crippen LogP contribution is 2.29. The van der Waals surface area contributed by atoms with E-state index in [1.165, 1.54) is 28.8 Å². The number of rotatable bonds is 14. The molecule has 0 radical (unpaired) electrons. The molecule has 0 aromatic heterocycles. The van der Waals surface area contributed by atoms with Gasteiger partial charge < -0.3 is 15.0 Å². The molecule has 0 heterocycles. The van der Waals surface area contributed by atoms with Gasteiger partial charge >= 0.3 is 0 Å². The third-order valence-corrected chi connectivity index (χ3v) is 10.0. The molecule has 3 aromatic carbocycles. The molecule has 2 atom stereocenters. The number of carbonyl (C=O) groups is 2. The minimum absolute atomic E-state index is 0.0295. The number of carbonyl (C=O) groups excluding carboxylic acids is 2. The Labute approximate surface area is 268 Å². The smallest absolute Gasteiger partial charge is 0.264 e. The van der Waals surface area contributed by atoms with Gasteiger partial charge in [-0.05, 0) is 99.7 Å². The van der Waals surface area contributed by atoms with Crippen LogP contribution in [0.4, 0.5) is 5.69 Å². The summed E-state index contributed by atoms with van der Waals surface area (Å²) < 4.78 is 34.7. The Balaban J connectivity index is 2.06. The predicted octanol–water partition coefficient (Wildman–Crippen LogP) is 6.64. The Morgan fingerprint density at radius 1 is 0.977 bits per heavy atom. The largest absolute Gasteiger partial charge is 0.494 e. The van der Waals surface area contributed by atoms with Crippen molar-refractivity contribution in [3.05, 3.63) is 82.3 Å². The van der Waals surface area contributed by atoms with Gasteiger partial charge in [0.25, 0.3) is 10.0 Å². The van der Waals surface area contributed by atoms with Crippen molar-refractivity contribution < 1.29 is 22.7 Å². The van der Waals surface area contributed by atoms with Crippen molar-refractivity contribution in [3.63, 3.8) is 0 Å². The first-order valence-corrected chi connectivity index (χ1v) is 17.3. The number of hydrogen-bond donors (Lipinski definition) is 1. The van der Waals surface area contributed by atoms with Crippen LogP contribution in [-0.2, 0) is 26.2 Å². The summed E-state index contributed by atoms with van der Waals surface area (Å²) >= 11 is 14.0. The summed E-state index contributed by atoms with van der Waals surface area (Å²) in [4.78, 5) is 29.6. The molecular formula is C31H37Cl2N3O5S2. The number of thioether (sulfide) groups is 1. The maximum absolute atomic E-state index is 14.1. The number of amides is 2. The molecule has 0 aliphatic rings. The van der Waals surface area contributed by atoms with Gasteiger partial charge in [-0.1, -0.05) is 36.2 Å². The molecule has 43 heavy (non-hydrogen) atoms. The van der Waals surface area contributed by atoms with E-state index in [9.17, 15) is 18.0 Å². The van der Waals surface area contributed by atoms with E-state index in [0.717, 1.165) is 9.20 Å². The molecule has 3 rings (SSSR count). The molecule has 0 bridgehead atoms. The lowest BCUT2D eigenvalue weighted by molar-refractivity contribution is -0.139. The molecule has 0 saturated carbocycles. The third-order valence-electron chi connectivity index (χ3n) is 6.89. The standard InChI is InChI=1S/C31H37Cl2N3O5S2/c1-6-21(3)34-31(38)22(4)35(19-23-8-9-24(32)18-29(23)33)30(37)20-36(25-10-12-26(13-11-25)41-7-2)43(39,40)28-16-14-27(42-5)15-17-28/h8-18,21-22H,6-7,19-20H2,1-5H3,(H,34,38). The van der Waals surface area contributed by atoms with Gasteiger partial charge in [0.1, 0.15) is 18.3 Å². The third kappa shape index (κ3) is 9.04. The molecule has 0 aliphatic carbocycles. The van der Waals surface area contributed by atoms with Gasteiger partial charge in [0.05, 0.1) is 17.2 Å². The molecule has 232 valence electrons. The van der Waals surface area contributed by atoms with Gasteiger partial charge in [0.2, 0.25) is 11.8 Å². The molecule has 0 aliphatic heterocycles. The van der Waals surface area contributed by atoms with Crippen molar-refractivity contribution in [2.24, 2.45) is 0 Å². The highest BCUT2D eigenvalue weighted by atomic mass is 35.5. The average Bonchev–Trinajstić information content (AvgIpc) is 2.99. The number of ether oxygens (including phenoxy) is 1. The summed E-state index contributed by atoms with van der Waals surface area (Å²) in [5.41, 5.74) is 0.831. The first-order chi connectivity index (χ1) is 20.4. The summed E-state index contributed by atoms with van der Waals surface area (Å²) in [6.07, 6.45) is 2.60. The van der Waals surface area contributed by atoms with Crippen molar-refractivity contribution in [2.45, 2.75) is 62.5 Å². The Morgan fingerprint density at radius 2 is 1.63 bits per heavy atom. The number of sulfonamides is 1. The van der Waals surface area contributed by atoms with Crippen molar-refractivity contribution in [1.82, 2.24) is 10.2 Å². The van der Waals surface area contributed by atoms with Gasteiger partial charge in [-0.3, -0.25) is 13.9 Å². The molecule has 0 fully saturated rings. The number of hydrogen-bond acceptors (Lipinski definition) is 6. The maximum Gasteiger partial charge on any atom is 0.264 e. The van der Waals surface area contributed by atoms with Gasteiger partial charge in [0.15, 0.2) is 0 Å². The first kappa shape index (κ1) is 34.6. The SMILES string of the molecule is CCOc1ccc(N(CC(=O)N(Cc2ccc(Cl)cc2Cl)C(C)C(=O)NC(C)CC)S(=O)(=O)c2ccc(SC)cc2)cc1. The second-order valence-electron chi connectivity index (χ2n) is 9.87. The lowest BCUT2D eigenvalue weighted by atomic mass is 10.1. The minimum Gasteiger partial charge on any atom is -0.494 e. The van der Waals surface area contributed by atoms with Crippen LogP contribution in [0.15, 0.2) is 76.5 Å². The Morgan fingerprint density at radius 3 is 2.19 bits per heavy atom. The predicted molar refractivity (Wildman–Crippen MR) is 175 cm³/mol. The van der Waals surface area contributed by atoms with Crippen molar-refractivity contribution in [2.75, 3.05) is 23.7 Å². The molecule has 1 N–H and O–H groups in total. The van der Waals surface area contributed by atoms with Gasteiger partial charge in [-0.15, -0.1) is 11.8 Å². The van der Waals surface area contributed by atoms with Crippen molar-refractivity contribution >= 4 is 62.5 Å². The van der Waals surface area contributed by atoms with E-state index < -0.39 is 28.5 Å². The summed E-state index contributed by atoms with van der Waals surface area (Å²) in [5, 5.41) is 3.66. The van der Waals surface area contributed by atoms with E-state index in [4.69, 9.17) is 27.9 Å². The average molecular weight is 667 g/mol. The van der Waals surface area contributed by atoms with Crippen LogP contribution in [0.1, 0.15) is 39.7 Å². The van der Waals surface area contributed by atoms with E-state index in [1.54, 1.807) is 61.5 Å². The zero-order chi connectivity index (χ0) is 31.7. The highest BCUT2D eigenvalue weighted by Gasteiger charge is 2.33. The van der Waals surface area contributed by atoms with Gasteiger partial charge in [0, 0.05) is 27.5 Å². The Kier molecular flexibility index (Phi) is 12.6. The summed E-state index contributed by atoms with van der Waals surface area (Å²) in [6.45, 7) is 7.11. The van der Waals surface area contributed by atoms with Crippen molar-refractivity contribution in [3.8, 4) is 5.75 Å². The van der Waals surface area contributed by atoms with Crippen LogP contribution in [-0.4, -0.2) is 56.6 Å². The molecule has 2 amide bonds. The van der Waals surface area contributed by atoms with E-state index in [-0.39, 0.29) is 29.1 Å². The zero-order valence-electron chi connectivity index (χ0n) is 24.8. The molecule has 2 unspecified atom stereocenters. The van der Waals surface area contributed by atoms with E-state index in [0.29, 0.717) is 34.4 Å². The molecular weight excluding hydrogens is 629 g/mol. The summed E-state index contributed by atoms with van der Waals surface area (Å²) in [6, 6.07) is 16.8. The monoisotopic (exact) mass is 665 g/mol. The van der Waals surface area contributed by atoms with Gasteiger partial charge in [-0.2, -0.15) is 0 Å². The number of nitrogens with one attached hydrogen (secondary N) is 1. The molecule has 12 heteroatoms. The van der Waals surface area contributed by atoms with Gasteiger partial charge in [-0.25, -0.2) is 8.42 Å².